The molecule has 0 atom stereocenters. The second kappa shape index (κ2) is 3.42. The Bertz CT molecular complexity index is 381. The molecule has 1 aliphatic rings. The van der Waals surface area contributed by atoms with E-state index in [0.29, 0.717) is 12.2 Å². The number of ether oxygens (including phenoxy) is 1. The van der Waals surface area contributed by atoms with Gasteiger partial charge in [0.1, 0.15) is 0 Å². The minimum Gasteiger partial charge on any atom is -0.504 e. The fraction of sp³-hybridized carbons (Fsp3) is 0.500. The lowest BCUT2D eigenvalue weighted by atomic mass is 10.0. The summed E-state index contributed by atoms with van der Waals surface area (Å²) in [4.78, 5) is 0. The highest BCUT2D eigenvalue weighted by Gasteiger charge is 2.41. The molecule has 0 aliphatic heterocycles. The fourth-order valence-corrected chi connectivity index (χ4v) is 1.75. The van der Waals surface area contributed by atoms with Crippen LogP contribution in [0.1, 0.15) is 24.0 Å². The van der Waals surface area contributed by atoms with Crippen LogP contribution in [-0.2, 0) is 6.42 Å². The van der Waals surface area contributed by atoms with E-state index < -0.39 is 5.60 Å². The topological polar surface area (TPSA) is 49.7 Å². The van der Waals surface area contributed by atoms with Crippen LogP contribution in [0, 0.1) is 6.92 Å². The van der Waals surface area contributed by atoms with Gasteiger partial charge in [0.2, 0.25) is 0 Å². The van der Waals surface area contributed by atoms with E-state index in [1.165, 1.54) is 7.11 Å². The first-order valence-corrected chi connectivity index (χ1v) is 5.13. The number of hydrogen-bond acceptors (Lipinski definition) is 3. The molecule has 3 nitrogen and oxygen atoms in total. The van der Waals surface area contributed by atoms with Crippen molar-refractivity contribution in [3.63, 3.8) is 0 Å². The van der Waals surface area contributed by atoms with Gasteiger partial charge in [-0.3, -0.25) is 0 Å². The highest BCUT2D eigenvalue weighted by Crippen LogP contribution is 2.42. The average Bonchev–Trinajstić information content (AvgIpc) is 2.91. The Labute approximate surface area is 89.3 Å². The van der Waals surface area contributed by atoms with E-state index in [-0.39, 0.29) is 5.75 Å². The molecule has 82 valence electrons. The molecule has 0 bridgehead atoms. The SMILES string of the molecule is COc1c(CC2(O)CC2)ccc(C)c1O. The van der Waals surface area contributed by atoms with Crippen LogP contribution in [0.2, 0.25) is 0 Å². The molecule has 0 unspecified atom stereocenters. The van der Waals surface area contributed by atoms with Gasteiger partial charge in [-0.15, -0.1) is 0 Å². The summed E-state index contributed by atoms with van der Waals surface area (Å²) in [5, 5.41) is 19.6. The van der Waals surface area contributed by atoms with Crippen LogP contribution in [0.25, 0.3) is 0 Å². The molecule has 0 saturated heterocycles. The van der Waals surface area contributed by atoms with Crippen molar-refractivity contribution in [1.82, 2.24) is 0 Å². The summed E-state index contributed by atoms with van der Waals surface area (Å²) in [6, 6.07) is 3.75. The van der Waals surface area contributed by atoms with Crippen molar-refractivity contribution < 1.29 is 14.9 Å². The predicted octanol–water partition coefficient (Wildman–Crippen LogP) is 1.78. The maximum absolute atomic E-state index is 9.83. The lowest BCUT2D eigenvalue weighted by Crippen LogP contribution is -2.11. The third kappa shape index (κ3) is 1.92. The third-order valence-corrected chi connectivity index (χ3v) is 2.97. The Morgan fingerprint density at radius 2 is 2.07 bits per heavy atom. The molecular weight excluding hydrogens is 192 g/mol. The lowest BCUT2D eigenvalue weighted by molar-refractivity contribution is 0.149. The molecule has 1 aromatic carbocycles. The summed E-state index contributed by atoms with van der Waals surface area (Å²) in [6.45, 7) is 1.83. The fourth-order valence-electron chi connectivity index (χ4n) is 1.75. The highest BCUT2D eigenvalue weighted by atomic mass is 16.5. The van der Waals surface area contributed by atoms with Crippen LogP contribution in [-0.4, -0.2) is 22.9 Å². The van der Waals surface area contributed by atoms with E-state index >= 15 is 0 Å². The number of aromatic hydroxyl groups is 1. The van der Waals surface area contributed by atoms with E-state index in [4.69, 9.17) is 4.74 Å². The first kappa shape index (κ1) is 10.3. The molecular formula is C12H16O3. The molecule has 0 aromatic heterocycles. The summed E-state index contributed by atoms with van der Waals surface area (Å²) < 4.78 is 5.17. The number of phenols is 1. The lowest BCUT2D eigenvalue weighted by Gasteiger charge is -2.14. The van der Waals surface area contributed by atoms with Crippen LogP contribution >= 0.6 is 0 Å². The summed E-state index contributed by atoms with van der Waals surface area (Å²) in [6.07, 6.45) is 2.24. The zero-order chi connectivity index (χ0) is 11.1. The van der Waals surface area contributed by atoms with E-state index in [0.717, 1.165) is 24.0 Å². The molecule has 15 heavy (non-hydrogen) atoms. The molecule has 2 rings (SSSR count). The van der Waals surface area contributed by atoms with Crippen molar-refractivity contribution in [1.29, 1.82) is 0 Å². The molecule has 1 fully saturated rings. The van der Waals surface area contributed by atoms with E-state index in [1.807, 2.05) is 19.1 Å². The number of methoxy groups -OCH3 is 1. The Kier molecular flexibility index (Phi) is 2.35. The van der Waals surface area contributed by atoms with Crippen molar-refractivity contribution >= 4 is 0 Å². The van der Waals surface area contributed by atoms with Gasteiger partial charge in [-0.2, -0.15) is 0 Å². The molecule has 1 saturated carbocycles. The molecule has 0 radical (unpaired) electrons. The summed E-state index contributed by atoms with van der Waals surface area (Å²) >= 11 is 0. The monoisotopic (exact) mass is 208 g/mol. The summed E-state index contributed by atoms with van der Waals surface area (Å²) in [5.74, 6) is 0.676. The molecule has 0 spiro atoms. The van der Waals surface area contributed by atoms with Gasteiger partial charge in [0.05, 0.1) is 12.7 Å². The minimum atomic E-state index is -0.561. The summed E-state index contributed by atoms with van der Waals surface area (Å²) in [7, 11) is 1.54. The zero-order valence-electron chi connectivity index (χ0n) is 9.08. The second-order valence-electron chi connectivity index (χ2n) is 4.32. The number of rotatable bonds is 3. The smallest absolute Gasteiger partial charge is 0.164 e. The van der Waals surface area contributed by atoms with Crippen molar-refractivity contribution in [2.75, 3.05) is 7.11 Å². The van der Waals surface area contributed by atoms with Crippen LogP contribution in [0.15, 0.2) is 12.1 Å². The summed E-state index contributed by atoms with van der Waals surface area (Å²) in [5.41, 5.74) is 1.11. The first-order valence-electron chi connectivity index (χ1n) is 5.13. The standard InChI is InChI=1S/C12H16O3/c1-8-3-4-9(7-12(14)5-6-12)11(15-2)10(8)13/h3-4,13-14H,5-7H2,1-2H3. The van der Waals surface area contributed by atoms with Crippen molar-refractivity contribution in [2.24, 2.45) is 0 Å². The van der Waals surface area contributed by atoms with Gasteiger partial charge < -0.3 is 14.9 Å². The predicted molar refractivity (Wildman–Crippen MR) is 57.3 cm³/mol. The van der Waals surface area contributed by atoms with Gasteiger partial charge in [0.15, 0.2) is 11.5 Å². The van der Waals surface area contributed by atoms with Gasteiger partial charge in [-0.25, -0.2) is 0 Å². The van der Waals surface area contributed by atoms with Crippen molar-refractivity contribution in [2.45, 2.75) is 31.8 Å². The quantitative estimate of drug-likeness (QED) is 0.796. The normalized spacial score (nSPS) is 17.5. The number of phenolic OH excluding ortho intramolecular Hbond substituents is 1. The Hall–Kier alpha value is -1.22. The average molecular weight is 208 g/mol. The molecule has 1 aromatic rings. The second-order valence-corrected chi connectivity index (χ2v) is 4.32. The van der Waals surface area contributed by atoms with Crippen LogP contribution in [0.4, 0.5) is 0 Å². The largest absolute Gasteiger partial charge is 0.504 e. The maximum Gasteiger partial charge on any atom is 0.164 e. The zero-order valence-corrected chi connectivity index (χ0v) is 9.08. The molecule has 1 aliphatic carbocycles. The maximum atomic E-state index is 9.83. The molecule has 0 amide bonds. The Morgan fingerprint density at radius 3 is 2.60 bits per heavy atom. The van der Waals surface area contributed by atoms with Gasteiger partial charge in [-0.05, 0) is 25.3 Å². The van der Waals surface area contributed by atoms with E-state index in [2.05, 4.69) is 0 Å². The Morgan fingerprint density at radius 1 is 1.40 bits per heavy atom. The number of hydrogen-bond donors (Lipinski definition) is 2. The Balaban J connectivity index is 2.34. The van der Waals surface area contributed by atoms with Gasteiger partial charge in [0, 0.05) is 12.0 Å². The van der Waals surface area contributed by atoms with Crippen molar-refractivity contribution in [3.8, 4) is 11.5 Å². The van der Waals surface area contributed by atoms with Crippen LogP contribution < -0.4 is 4.74 Å². The molecule has 2 N–H and O–H groups in total. The molecule has 0 heterocycles. The number of aryl methyl sites for hydroxylation is 1. The van der Waals surface area contributed by atoms with Crippen LogP contribution in [0.3, 0.4) is 0 Å². The van der Waals surface area contributed by atoms with E-state index in [9.17, 15) is 10.2 Å². The van der Waals surface area contributed by atoms with Gasteiger partial charge in [0.25, 0.3) is 0 Å². The number of benzene rings is 1. The molecule has 3 heteroatoms. The minimum absolute atomic E-state index is 0.180. The van der Waals surface area contributed by atoms with Crippen molar-refractivity contribution in [3.05, 3.63) is 23.3 Å². The van der Waals surface area contributed by atoms with E-state index in [1.54, 1.807) is 0 Å². The first-order chi connectivity index (χ1) is 7.06. The van der Waals surface area contributed by atoms with Gasteiger partial charge in [-0.1, -0.05) is 12.1 Å². The third-order valence-electron chi connectivity index (χ3n) is 2.97. The highest BCUT2D eigenvalue weighted by molar-refractivity contribution is 5.51. The van der Waals surface area contributed by atoms with Gasteiger partial charge >= 0.3 is 0 Å². The number of aliphatic hydroxyl groups is 1. The van der Waals surface area contributed by atoms with Crippen LogP contribution in [0.5, 0.6) is 11.5 Å².